The summed E-state index contributed by atoms with van der Waals surface area (Å²) in [6.45, 7) is 5.11. The van der Waals surface area contributed by atoms with Crippen LogP contribution in [0, 0.1) is 11.2 Å². The first-order valence-electron chi connectivity index (χ1n) is 15.9. The van der Waals surface area contributed by atoms with Crippen LogP contribution in [0.1, 0.15) is 73.1 Å². The summed E-state index contributed by atoms with van der Waals surface area (Å²) in [6, 6.07) is 16.5. The minimum absolute atomic E-state index is 0.00554. The van der Waals surface area contributed by atoms with Gasteiger partial charge in [-0.2, -0.15) is 0 Å². The molecule has 11 nitrogen and oxygen atoms in total. The Morgan fingerprint density at radius 3 is 2.46 bits per heavy atom. The summed E-state index contributed by atoms with van der Waals surface area (Å²) < 4.78 is 32.4. The highest BCUT2D eigenvalue weighted by atomic mass is 79.9. The van der Waals surface area contributed by atoms with Gasteiger partial charge in [0.05, 0.1) is 23.7 Å². The topological polar surface area (TPSA) is 136 Å². The summed E-state index contributed by atoms with van der Waals surface area (Å²) in [6.07, 6.45) is -0.0874. The van der Waals surface area contributed by atoms with Crippen molar-refractivity contribution in [2.24, 2.45) is 10.4 Å². The molecule has 0 spiro atoms. The summed E-state index contributed by atoms with van der Waals surface area (Å²) in [4.78, 5) is 59.2. The van der Waals surface area contributed by atoms with Gasteiger partial charge in [0, 0.05) is 16.1 Å². The van der Waals surface area contributed by atoms with Gasteiger partial charge in [0.15, 0.2) is 0 Å². The first-order chi connectivity index (χ1) is 23.7. The Labute approximate surface area is 302 Å². The van der Waals surface area contributed by atoms with Crippen LogP contribution >= 0.6 is 27.5 Å². The molecule has 0 aromatic heterocycles. The van der Waals surface area contributed by atoms with Gasteiger partial charge in [-0.3, -0.25) is 9.69 Å². The zero-order chi connectivity index (χ0) is 36.2. The first-order valence-corrected chi connectivity index (χ1v) is 17.1. The van der Waals surface area contributed by atoms with E-state index in [-0.39, 0.29) is 46.7 Å². The van der Waals surface area contributed by atoms with Gasteiger partial charge in [0.1, 0.15) is 24.6 Å². The molecule has 2 N–H and O–H groups in total. The smallest absolute Gasteiger partial charge is 0.437 e. The van der Waals surface area contributed by atoms with Crippen molar-refractivity contribution < 1.29 is 37.8 Å². The fourth-order valence-corrected chi connectivity index (χ4v) is 6.30. The molecule has 0 radical (unpaired) electrons. The molecule has 2 fully saturated rings. The molecular formula is C36H37BrClFN4O7. The molecule has 264 valence electrons. The Morgan fingerprint density at radius 2 is 1.82 bits per heavy atom. The van der Waals surface area contributed by atoms with Crippen LogP contribution in [0.2, 0.25) is 5.02 Å². The fourth-order valence-electron chi connectivity index (χ4n) is 5.77. The van der Waals surface area contributed by atoms with Gasteiger partial charge in [-0.05, 0) is 60.1 Å². The quantitative estimate of drug-likeness (QED) is 0.161. The van der Waals surface area contributed by atoms with Crippen LogP contribution < -0.4 is 10.6 Å². The van der Waals surface area contributed by atoms with E-state index in [9.17, 15) is 14.4 Å². The average Bonchev–Trinajstić information content (AvgIpc) is 3.84. The number of nitrogens with one attached hydrogen (secondary N) is 2. The van der Waals surface area contributed by atoms with Crippen LogP contribution in [-0.2, 0) is 31.2 Å². The predicted octanol–water partition coefficient (Wildman–Crippen LogP) is 7.41. The van der Waals surface area contributed by atoms with Crippen molar-refractivity contribution in [2.45, 2.75) is 64.3 Å². The number of halogens is 3. The summed E-state index contributed by atoms with van der Waals surface area (Å²) >= 11 is 9.63. The Bertz CT molecular complexity index is 1820. The molecule has 3 amide bonds. The lowest BCUT2D eigenvalue weighted by Crippen LogP contribution is -2.48. The summed E-state index contributed by atoms with van der Waals surface area (Å²) in [5, 5.41) is 5.92. The van der Waals surface area contributed by atoms with E-state index in [4.69, 9.17) is 25.8 Å². The Balaban J connectivity index is 1.66. The Kier molecular flexibility index (Phi) is 11.2. The van der Waals surface area contributed by atoms with E-state index >= 15 is 9.18 Å². The number of nitrogens with zero attached hydrogens (tertiary/aromatic N) is 2. The molecule has 50 heavy (non-hydrogen) atoms. The van der Waals surface area contributed by atoms with Gasteiger partial charge < -0.3 is 24.8 Å². The lowest BCUT2D eigenvalue weighted by Gasteiger charge is -2.35. The molecule has 0 bridgehead atoms. The van der Waals surface area contributed by atoms with E-state index in [0.29, 0.717) is 10.0 Å². The van der Waals surface area contributed by atoms with Crippen LogP contribution in [0.4, 0.5) is 14.0 Å². The van der Waals surface area contributed by atoms with Gasteiger partial charge in [-0.25, -0.2) is 18.8 Å². The van der Waals surface area contributed by atoms with Gasteiger partial charge in [0.25, 0.3) is 5.91 Å². The maximum atomic E-state index is 15.9. The number of methoxy groups -OCH3 is 1. The standard InChI is InChI=1S/C36H37BrClFN4O7/c1-35(2,3)20-36(26-14-11-23(37)17-28(26)39)31(45)43(32(42-36)41-34(47)49-18-21-8-6-5-7-9-21)29(19-50-33(46)40-24-12-13-24)22-10-15-27(38)25(16-22)30(44)48-4/h5-11,14-17,24,29H,12-13,18-20H2,1-4H3,(H,40,46)(H,41,42,47)/t29?,36-/m1/s1. The minimum atomic E-state index is -1.78. The lowest BCUT2D eigenvalue weighted by molar-refractivity contribution is -0.135. The van der Waals surface area contributed by atoms with E-state index in [1.165, 1.54) is 31.4 Å². The zero-order valence-corrected chi connectivity index (χ0v) is 30.3. The minimum Gasteiger partial charge on any atom is -0.465 e. The number of alkyl carbamates (subject to hydrolysis) is 1. The van der Waals surface area contributed by atoms with E-state index in [1.54, 1.807) is 36.4 Å². The molecule has 1 aliphatic heterocycles. The molecule has 2 atom stereocenters. The second kappa shape index (κ2) is 15.2. The number of hydrogen-bond acceptors (Lipinski definition) is 7. The first kappa shape index (κ1) is 36.8. The third-order valence-corrected chi connectivity index (χ3v) is 8.91. The molecule has 5 rings (SSSR count). The lowest BCUT2D eigenvalue weighted by atomic mass is 9.75. The molecule has 3 aromatic carbocycles. The van der Waals surface area contributed by atoms with Crippen molar-refractivity contribution in [2.75, 3.05) is 13.7 Å². The summed E-state index contributed by atoms with van der Waals surface area (Å²) in [7, 11) is 1.20. The van der Waals surface area contributed by atoms with E-state index in [0.717, 1.165) is 17.7 Å². The molecule has 1 heterocycles. The molecule has 1 saturated heterocycles. The number of aliphatic imine (C=N–C) groups is 1. The number of hydrogen-bond donors (Lipinski definition) is 2. The van der Waals surface area contributed by atoms with Crippen molar-refractivity contribution in [1.82, 2.24) is 15.5 Å². The second-order valence-electron chi connectivity index (χ2n) is 13.3. The normalized spacial score (nSPS) is 18.7. The predicted molar refractivity (Wildman–Crippen MR) is 187 cm³/mol. The maximum Gasteiger partial charge on any atom is 0.437 e. The molecule has 14 heteroatoms. The number of amides is 3. The van der Waals surface area contributed by atoms with Crippen molar-refractivity contribution in [3.8, 4) is 0 Å². The molecule has 1 unspecified atom stereocenters. The number of guanidine groups is 1. The van der Waals surface area contributed by atoms with E-state index in [2.05, 4.69) is 31.6 Å². The third kappa shape index (κ3) is 8.62. The van der Waals surface area contributed by atoms with Crippen LogP contribution in [0.3, 0.4) is 0 Å². The highest BCUT2D eigenvalue weighted by Crippen LogP contribution is 2.44. The largest absolute Gasteiger partial charge is 0.465 e. The van der Waals surface area contributed by atoms with Gasteiger partial charge in [-0.1, -0.05) is 90.8 Å². The van der Waals surface area contributed by atoms with Gasteiger partial charge in [-0.15, -0.1) is 4.99 Å². The summed E-state index contributed by atoms with van der Waals surface area (Å²) in [5.74, 6) is -2.39. The van der Waals surface area contributed by atoms with Gasteiger partial charge >= 0.3 is 18.2 Å². The van der Waals surface area contributed by atoms with Crippen LogP contribution in [0.5, 0.6) is 0 Å². The van der Waals surface area contributed by atoms with Crippen LogP contribution in [0.25, 0.3) is 0 Å². The monoisotopic (exact) mass is 770 g/mol. The van der Waals surface area contributed by atoms with Crippen molar-refractivity contribution >= 4 is 57.6 Å². The number of benzene rings is 3. The van der Waals surface area contributed by atoms with Gasteiger partial charge in [0.2, 0.25) is 5.96 Å². The van der Waals surface area contributed by atoms with E-state index in [1.807, 2.05) is 26.8 Å². The Hall–Kier alpha value is -4.49. The average molecular weight is 772 g/mol. The Morgan fingerprint density at radius 1 is 1.10 bits per heavy atom. The number of carbonyl (C=O) groups is 4. The van der Waals surface area contributed by atoms with Crippen molar-refractivity contribution in [3.63, 3.8) is 0 Å². The SMILES string of the molecule is COC(=O)c1cc(C(COC(=O)NC2CC2)N2C(=O)[C@@](CC(C)(C)C)(c3ccc(Br)cc3F)NC2=NC(=O)OCc2ccccc2)ccc1Cl. The molecule has 3 aromatic rings. The van der Waals surface area contributed by atoms with Crippen LogP contribution in [-0.4, -0.2) is 54.7 Å². The number of esters is 1. The second-order valence-corrected chi connectivity index (χ2v) is 14.6. The highest BCUT2D eigenvalue weighted by molar-refractivity contribution is 9.10. The van der Waals surface area contributed by atoms with Crippen molar-refractivity contribution in [3.05, 3.63) is 104 Å². The molecule has 1 aliphatic carbocycles. The van der Waals surface area contributed by atoms with Crippen LogP contribution in [0.15, 0.2) is 76.2 Å². The molecule has 1 saturated carbocycles. The van der Waals surface area contributed by atoms with E-state index < -0.39 is 53.5 Å². The number of rotatable bonds is 10. The zero-order valence-electron chi connectivity index (χ0n) is 27.9. The highest BCUT2D eigenvalue weighted by Gasteiger charge is 2.56. The molecule has 2 aliphatic rings. The maximum absolute atomic E-state index is 15.9. The molecular weight excluding hydrogens is 735 g/mol. The van der Waals surface area contributed by atoms with Crippen molar-refractivity contribution in [1.29, 1.82) is 0 Å². The fraction of sp³-hybridized carbons (Fsp3) is 0.361. The number of carbonyl (C=O) groups excluding carboxylic acids is 4. The number of ether oxygens (including phenoxy) is 3. The summed E-state index contributed by atoms with van der Waals surface area (Å²) in [5.41, 5.74) is -1.38. The third-order valence-electron chi connectivity index (χ3n) is 8.09.